The van der Waals surface area contributed by atoms with Crippen LogP contribution in [0.2, 0.25) is 5.02 Å². The third-order valence-corrected chi connectivity index (χ3v) is 6.51. The van der Waals surface area contributed by atoms with Crippen LogP contribution < -0.4 is 19.6 Å². The number of aromatic nitrogens is 1. The maximum Gasteiger partial charge on any atom is 0.338 e. The highest BCUT2D eigenvalue weighted by molar-refractivity contribution is 7.07. The molecule has 0 N–H and O–H groups in total. The van der Waals surface area contributed by atoms with E-state index < -0.39 is 12.0 Å². The van der Waals surface area contributed by atoms with Gasteiger partial charge >= 0.3 is 5.97 Å². The molecule has 1 aliphatic rings. The number of allylic oxidation sites excluding steroid dienone is 1. The molecular formula is C26H25ClN2O4S. The predicted octanol–water partition coefficient (Wildman–Crippen LogP) is 4.24. The van der Waals surface area contributed by atoms with Crippen LogP contribution >= 0.6 is 22.9 Å². The van der Waals surface area contributed by atoms with E-state index in [-0.39, 0.29) is 18.3 Å². The molecule has 176 valence electrons. The van der Waals surface area contributed by atoms with Crippen molar-refractivity contribution in [2.45, 2.75) is 39.8 Å². The van der Waals surface area contributed by atoms with E-state index in [1.54, 1.807) is 30.5 Å². The second kappa shape index (κ2) is 9.99. The Kier molecular flexibility index (Phi) is 7.05. The first-order chi connectivity index (χ1) is 16.3. The average Bonchev–Trinajstić information content (AvgIpc) is 3.09. The summed E-state index contributed by atoms with van der Waals surface area (Å²) in [6, 6.07) is 14.0. The molecule has 0 saturated carbocycles. The summed E-state index contributed by atoms with van der Waals surface area (Å²) in [4.78, 5) is 31.7. The van der Waals surface area contributed by atoms with Crippen LogP contribution in [0.5, 0.6) is 5.75 Å². The number of nitrogens with zero attached hydrogens (tertiary/aromatic N) is 2. The monoisotopic (exact) mass is 496 g/mol. The van der Waals surface area contributed by atoms with Crippen LogP contribution in [0.4, 0.5) is 0 Å². The van der Waals surface area contributed by atoms with Gasteiger partial charge in [-0.15, -0.1) is 0 Å². The number of hydrogen-bond acceptors (Lipinski definition) is 6. The lowest BCUT2D eigenvalue weighted by Crippen LogP contribution is -2.39. The molecule has 0 bridgehead atoms. The molecule has 0 saturated heterocycles. The van der Waals surface area contributed by atoms with Crippen LogP contribution in [0.25, 0.3) is 6.08 Å². The van der Waals surface area contributed by atoms with Gasteiger partial charge < -0.3 is 9.47 Å². The first-order valence-corrected chi connectivity index (χ1v) is 12.2. The van der Waals surface area contributed by atoms with E-state index in [2.05, 4.69) is 4.99 Å². The Hall–Kier alpha value is -3.16. The highest BCUT2D eigenvalue weighted by atomic mass is 35.5. The van der Waals surface area contributed by atoms with Crippen molar-refractivity contribution in [3.63, 3.8) is 0 Å². The molecule has 1 aromatic heterocycles. The number of fused-ring (bicyclic) bond motifs is 1. The Morgan fingerprint density at radius 2 is 1.91 bits per heavy atom. The van der Waals surface area contributed by atoms with Gasteiger partial charge in [-0.05, 0) is 57.5 Å². The number of rotatable bonds is 6. The predicted molar refractivity (Wildman–Crippen MR) is 134 cm³/mol. The number of para-hydroxylation sites is 1. The number of benzene rings is 2. The number of carbonyl (C=O) groups is 1. The van der Waals surface area contributed by atoms with Crippen LogP contribution in [0.1, 0.15) is 44.9 Å². The third-order valence-electron chi connectivity index (χ3n) is 5.27. The maximum absolute atomic E-state index is 13.7. The van der Waals surface area contributed by atoms with Gasteiger partial charge in [-0.25, -0.2) is 9.79 Å². The lowest BCUT2D eigenvalue weighted by Gasteiger charge is -2.24. The average molecular weight is 497 g/mol. The second-order valence-electron chi connectivity index (χ2n) is 8.06. The summed E-state index contributed by atoms with van der Waals surface area (Å²) in [5.41, 5.74) is 2.17. The second-order valence-corrected chi connectivity index (χ2v) is 9.50. The minimum Gasteiger partial charge on any atom is -0.490 e. The fourth-order valence-electron chi connectivity index (χ4n) is 3.85. The number of esters is 1. The molecule has 0 radical (unpaired) electrons. The van der Waals surface area contributed by atoms with Gasteiger partial charge in [0.25, 0.3) is 5.56 Å². The van der Waals surface area contributed by atoms with Gasteiger partial charge in [0.2, 0.25) is 0 Å². The van der Waals surface area contributed by atoms with Crippen molar-refractivity contribution in [1.29, 1.82) is 0 Å². The number of thiazole rings is 1. The van der Waals surface area contributed by atoms with Crippen molar-refractivity contribution in [3.8, 4) is 5.75 Å². The lowest BCUT2D eigenvalue weighted by atomic mass is 9.96. The molecule has 2 heterocycles. The highest BCUT2D eigenvalue weighted by Gasteiger charge is 2.33. The molecule has 0 amide bonds. The Morgan fingerprint density at radius 3 is 2.59 bits per heavy atom. The maximum atomic E-state index is 13.7. The smallest absolute Gasteiger partial charge is 0.338 e. The number of ether oxygens (including phenoxy) is 2. The van der Waals surface area contributed by atoms with Crippen molar-refractivity contribution in [2.75, 3.05) is 6.61 Å². The van der Waals surface area contributed by atoms with Crippen LogP contribution in [0.15, 0.2) is 69.6 Å². The molecule has 2 aromatic carbocycles. The molecule has 8 heteroatoms. The van der Waals surface area contributed by atoms with E-state index in [0.717, 1.165) is 11.1 Å². The molecule has 0 spiro atoms. The van der Waals surface area contributed by atoms with Gasteiger partial charge in [-0.2, -0.15) is 0 Å². The lowest BCUT2D eigenvalue weighted by molar-refractivity contribution is -0.139. The van der Waals surface area contributed by atoms with E-state index in [9.17, 15) is 9.59 Å². The Morgan fingerprint density at radius 1 is 1.21 bits per heavy atom. The van der Waals surface area contributed by atoms with Crippen LogP contribution in [0.3, 0.4) is 0 Å². The normalized spacial score (nSPS) is 15.8. The summed E-state index contributed by atoms with van der Waals surface area (Å²) in [6.45, 7) is 7.64. The quantitative estimate of drug-likeness (QED) is 0.479. The molecule has 0 unspecified atom stereocenters. The molecule has 6 nitrogen and oxygen atoms in total. The molecule has 3 aromatic rings. The van der Waals surface area contributed by atoms with Gasteiger partial charge in [0.1, 0.15) is 5.75 Å². The zero-order chi connectivity index (χ0) is 24.4. The Labute approximate surface area is 206 Å². The minimum absolute atomic E-state index is 0.00420. The number of hydrogen-bond donors (Lipinski definition) is 0. The van der Waals surface area contributed by atoms with Crippen molar-refractivity contribution >= 4 is 35.0 Å². The van der Waals surface area contributed by atoms with E-state index >= 15 is 0 Å². The van der Waals surface area contributed by atoms with Gasteiger partial charge in [-0.3, -0.25) is 9.36 Å². The summed E-state index contributed by atoms with van der Waals surface area (Å²) < 4.78 is 13.3. The van der Waals surface area contributed by atoms with Crippen molar-refractivity contribution in [3.05, 3.63) is 95.6 Å². The third kappa shape index (κ3) is 4.72. The van der Waals surface area contributed by atoms with Gasteiger partial charge in [0.05, 0.1) is 34.6 Å². The summed E-state index contributed by atoms with van der Waals surface area (Å²) >= 11 is 7.38. The van der Waals surface area contributed by atoms with Crippen molar-refractivity contribution in [1.82, 2.24) is 4.57 Å². The topological polar surface area (TPSA) is 69.9 Å². The first kappa shape index (κ1) is 24.0. The Balaban J connectivity index is 1.93. The fraction of sp³-hybridized carbons (Fsp3) is 0.269. The van der Waals surface area contributed by atoms with Gasteiger partial charge in [0, 0.05) is 10.6 Å². The molecule has 4 rings (SSSR count). The summed E-state index contributed by atoms with van der Waals surface area (Å²) in [5, 5.41) is 0.566. The number of halogens is 1. The van der Waals surface area contributed by atoms with Crippen LogP contribution in [-0.2, 0) is 9.53 Å². The van der Waals surface area contributed by atoms with E-state index in [1.807, 2.05) is 56.3 Å². The van der Waals surface area contributed by atoms with Crippen molar-refractivity contribution in [2.24, 2.45) is 4.99 Å². The molecule has 0 aliphatic carbocycles. The van der Waals surface area contributed by atoms with Crippen molar-refractivity contribution < 1.29 is 14.3 Å². The van der Waals surface area contributed by atoms with E-state index in [4.69, 9.17) is 21.1 Å². The number of carbonyl (C=O) groups excluding carboxylic acids is 1. The van der Waals surface area contributed by atoms with Gasteiger partial charge in [0.15, 0.2) is 4.80 Å². The molecule has 0 fully saturated rings. The molecule has 34 heavy (non-hydrogen) atoms. The zero-order valence-corrected chi connectivity index (χ0v) is 20.9. The summed E-state index contributed by atoms with van der Waals surface area (Å²) in [6.07, 6.45) is 1.81. The first-order valence-electron chi connectivity index (χ1n) is 11.0. The van der Waals surface area contributed by atoms with Crippen LogP contribution in [0, 0.1) is 0 Å². The zero-order valence-electron chi connectivity index (χ0n) is 19.4. The molecule has 1 atom stereocenters. The highest BCUT2D eigenvalue weighted by Crippen LogP contribution is 2.31. The van der Waals surface area contributed by atoms with Crippen LogP contribution in [-0.4, -0.2) is 23.2 Å². The van der Waals surface area contributed by atoms with Gasteiger partial charge in [-0.1, -0.05) is 53.3 Å². The fourth-order valence-corrected chi connectivity index (χ4v) is 5.02. The van der Waals surface area contributed by atoms with E-state index in [1.165, 1.54) is 11.3 Å². The minimum atomic E-state index is -0.670. The summed E-state index contributed by atoms with van der Waals surface area (Å²) in [5.74, 6) is 0.203. The standard InChI is InChI=1S/C26H25ClN2O4S/c1-5-32-25(31)22-16(4)28-26-29(23(22)17-10-12-19(27)13-11-17)24(30)21(34-26)14-18-8-6-7-9-20(18)33-15(2)3/h6-15,23H,5H2,1-4H3/b21-14-/t23-/m1/s1. The SMILES string of the molecule is CCOC(=O)C1=C(C)N=c2s/c(=C\c3ccccc3OC(C)C)c(=O)n2[C@@H]1c1ccc(Cl)cc1. The summed E-state index contributed by atoms with van der Waals surface area (Å²) in [7, 11) is 0. The molecular weight excluding hydrogens is 472 g/mol. The van der Waals surface area contributed by atoms with E-state index in [0.29, 0.717) is 31.4 Å². The molecule has 1 aliphatic heterocycles. The Bertz CT molecular complexity index is 1430. The largest absolute Gasteiger partial charge is 0.490 e.